The zero-order valence-electron chi connectivity index (χ0n) is 10.5. The molecule has 0 bridgehead atoms. The van der Waals surface area contributed by atoms with Crippen molar-refractivity contribution in [3.8, 4) is 0 Å². The van der Waals surface area contributed by atoms with Gasteiger partial charge in [-0.2, -0.15) is 0 Å². The van der Waals surface area contributed by atoms with Crippen LogP contribution in [0.4, 0.5) is 0 Å². The maximum Gasteiger partial charge on any atom is 0.293 e. The Kier molecular flexibility index (Phi) is 4.09. The van der Waals surface area contributed by atoms with Crippen LogP contribution in [0.3, 0.4) is 0 Å². The van der Waals surface area contributed by atoms with Gasteiger partial charge in [-0.3, -0.25) is 9.89 Å². The number of thiophene rings is 1. The summed E-state index contributed by atoms with van der Waals surface area (Å²) in [6.45, 7) is 2.65. The van der Waals surface area contributed by atoms with Crippen LogP contribution in [0.25, 0.3) is 0 Å². The molecule has 2 aromatic rings. The van der Waals surface area contributed by atoms with Gasteiger partial charge in [0.05, 0.1) is 6.54 Å². The molecule has 0 aliphatic rings. The average molecular weight is 264 g/mol. The summed E-state index contributed by atoms with van der Waals surface area (Å²) in [4.78, 5) is 19.0. The predicted octanol–water partition coefficient (Wildman–Crippen LogP) is 2.09. The van der Waals surface area contributed by atoms with Gasteiger partial charge in [-0.15, -0.1) is 16.4 Å². The number of aromatic nitrogens is 3. The molecule has 0 aliphatic carbocycles. The summed E-state index contributed by atoms with van der Waals surface area (Å²) < 4.78 is 0. The van der Waals surface area contributed by atoms with Crippen molar-refractivity contribution < 1.29 is 4.79 Å². The van der Waals surface area contributed by atoms with Crippen LogP contribution in [0.2, 0.25) is 0 Å². The second kappa shape index (κ2) is 5.77. The number of nitrogens with one attached hydrogen (secondary N) is 1. The molecule has 0 aliphatic heterocycles. The van der Waals surface area contributed by atoms with Crippen molar-refractivity contribution >= 4 is 17.2 Å². The quantitative estimate of drug-likeness (QED) is 0.899. The first kappa shape index (κ1) is 12.8. The summed E-state index contributed by atoms with van der Waals surface area (Å²) >= 11 is 1.63. The third-order valence-electron chi connectivity index (χ3n) is 2.53. The zero-order valence-corrected chi connectivity index (χ0v) is 11.3. The largest absolute Gasteiger partial charge is 0.334 e. The van der Waals surface area contributed by atoms with Crippen LogP contribution in [0.15, 0.2) is 17.5 Å². The average Bonchev–Trinajstić information content (AvgIpc) is 3.00. The number of rotatable bonds is 5. The highest BCUT2D eigenvalue weighted by Gasteiger charge is 2.17. The molecule has 0 spiro atoms. The summed E-state index contributed by atoms with van der Waals surface area (Å²) in [6.07, 6.45) is 1.79. The molecular weight excluding hydrogens is 248 g/mol. The van der Waals surface area contributed by atoms with E-state index in [4.69, 9.17) is 0 Å². The highest BCUT2D eigenvalue weighted by Crippen LogP contribution is 2.12. The Labute approximate surface area is 110 Å². The number of H-pyrrole nitrogens is 1. The Morgan fingerprint density at radius 3 is 3.06 bits per heavy atom. The molecule has 2 rings (SSSR count). The van der Waals surface area contributed by atoms with Crippen LogP contribution in [-0.2, 0) is 13.0 Å². The minimum atomic E-state index is -0.151. The summed E-state index contributed by atoms with van der Waals surface area (Å²) in [5.74, 6) is 0.866. The number of carbonyl (C=O) groups is 1. The second-order valence-corrected chi connectivity index (χ2v) is 5.13. The Hall–Kier alpha value is -1.69. The van der Waals surface area contributed by atoms with Crippen molar-refractivity contribution in [2.24, 2.45) is 0 Å². The maximum absolute atomic E-state index is 12.1. The predicted molar refractivity (Wildman–Crippen MR) is 70.5 cm³/mol. The van der Waals surface area contributed by atoms with Gasteiger partial charge in [0.1, 0.15) is 5.82 Å². The number of aromatic amines is 1. The molecule has 0 aromatic carbocycles. The molecule has 0 saturated heterocycles. The first-order valence-electron chi connectivity index (χ1n) is 5.89. The Balaban J connectivity index is 2.01. The van der Waals surface area contributed by atoms with E-state index in [0.717, 1.165) is 23.5 Å². The summed E-state index contributed by atoms with van der Waals surface area (Å²) in [7, 11) is 1.76. The highest BCUT2D eigenvalue weighted by atomic mass is 32.1. The Morgan fingerprint density at radius 1 is 1.56 bits per heavy atom. The number of carbonyl (C=O) groups excluding carboxylic acids is 1. The summed E-state index contributed by atoms with van der Waals surface area (Å²) in [5, 5.41) is 8.76. The van der Waals surface area contributed by atoms with E-state index in [9.17, 15) is 4.79 Å². The van der Waals surface area contributed by atoms with E-state index >= 15 is 0 Å². The van der Waals surface area contributed by atoms with Gasteiger partial charge in [0, 0.05) is 18.3 Å². The Morgan fingerprint density at radius 2 is 2.39 bits per heavy atom. The van der Waals surface area contributed by atoms with E-state index < -0.39 is 0 Å². The fourth-order valence-corrected chi connectivity index (χ4v) is 2.38. The van der Waals surface area contributed by atoms with Crippen molar-refractivity contribution in [3.63, 3.8) is 0 Å². The lowest BCUT2D eigenvalue weighted by Crippen LogP contribution is -2.26. The number of nitrogens with zero attached hydrogens (tertiary/aromatic N) is 3. The molecule has 0 fully saturated rings. The molecule has 2 aromatic heterocycles. The van der Waals surface area contributed by atoms with Crippen LogP contribution in [0, 0.1) is 0 Å². The third-order valence-corrected chi connectivity index (χ3v) is 3.39. The molecule has 96 valence electrons. The highest BCUT2D eigenvalue weighted by molar-refractivity contribution is 7.09. The van der Waals surface area contributed by atoms with Crippen molar-refractivity contribution in [3.05, 3.63) is 34.0 Å². The molecule has 1 amide bonds. The SMILES string of the molecule is CCCc1nc(C(=O)N(C)Cc2cccs2)n[nH]1. The van der Waals surface area contributed by atoms with E-state index in [1.807, 2.05) is 17.5 Å². The van der Waals surface area contributed by atoms with E-state index in [0.29, 0.717) is 6.54 Å². The molecule has 0 atom stereocenters. The van der Waals surface area contributed by atoms with Crippen molar-refractivity contribution in [2.75, 3.05) is 7.05 Å². The lowest BCUT2D eigenvalue weighted by atomic mass is 10.3. The molecule has 0 saturated carbocycles. The normalized spacial score (nSPS) is 10.6. The number of amides is 1. The first-order valence-corrected chi connectivity index (χ1v) is 6.77. The molecular formula is C12H16N4OS. The van der Waals surface area contributed by atoms with E-state index in [-0.39, 0.29) is 11.7 Å². The lowest BCUT2D eigenvalue weighted by molar-refractivity contribution is 0.0774. The molecule has 5 nitrogen and oxygen atoms in total. The van der Waals surface area contributed by atoms with Crippen LogP contribution < -0.4 is 0 Å². The van der Waals surface area contributed by atoms with Crippen LogP contribution >= 0.6 is 11.3 Å². The fraction of sp³-hybridized carbons (Fsp3) is 0.417. The number of hydrogen-bond acceptors (Lipinski definition) is 4. The summed E-state index contributed by atoms with van der Waals surface area (Å²) in [5.41, 5.74) is 0. The third kappa shape index (κ3) is 2.95. The molecule has 0 radical (unpaired) electrons. The fourth-order valence-electron chi connectivity index (χ4n) is 1.62. The number of hydrogen-bond donors (Lipinski definition) is 1. The number of aryl methyl sites for hydroxylation is 1. The van der Waals surface area contributed by atoms with Gasteiger partial charge >= 0.3 is 0 Å². The molecule has 0 unspecified atom stereocenters. The molecule has 1 N–H and O–H groups in total. The smallest absolute Gasteiger partial charge is 0.293 e. The minimum Gasteiger partial charge on any atom is -0.334 e. The van der Waals surface area contributed by atoms with E-state index in [2.05, 4.69) is 22.1 Å². The first-order chi connectivity index (χ1) is 8.70. The zero-order chi connectivity index (χ0) is 13.0. The van der Waals surface area contributed by atoms with Gasteiger partial charge in [-0.1, -0.05) is 13.0 Å². The molecule has 18 heavy (non-hydrogen) atoms. The summed E-state index contributed by atoms with van der Waals surface area (Å²) in [6, 6.07) is 3.99. The van der Waals surface area contributed by atoms with Crippen LogP contribution in [-0.4, -0.2) is 33.0 Å². The van der Waals surface area contributed by atoms with Gasteiger partial charge in [0.2, 0.25) is 5.82 Å². The molecule has 6 heteroatoms. The van der Waals surface area contributed by atoms with Crippen LogP contribution in [0.1, 0.15) is 34.7 Å². The van der Waals surface area contributed by atoms with Gasteiger partial charge in [0.25, 0.3) is 5.91 Å². The van der Waals surface area contributed by atoms with E-state index in [1.54, 1.807) is 23.3 Å². The van der Waals surface area contributed by atoms with E-state index in [1.165, 1.54) is 0 Å². The topological polar surface area (TPSA) is 61.9 Å². The second-order valence-electron chi connectivity index (χ2n) is 4.10. The molecule has 2 heterocycles. The van der Waals surface area contributed by atoms with Crippen molar-refractivity contribution in [1.29, 1.82) is 0 Å². The van der Waals surface area contributed by atoms with Crippen LogP contribution in [0.5, 0.6) is 0 Å². The minimum absolute atomic E-state index is 0.151. The van der Waals surface area contributed by atoms with Crippen molar-refractivity contribution in [2.45, 2.75) is 26.3 Å². The maximum atomic E-state index is 12.1. The monoisotopic (exact) mass is 264 g/mol. The lowest BCUT2D eigenvalue weighted by Gasteiger charge is -2.13. The van der Waals surface area contributed by atoms with Gasteiger partial charge in [-0.05, 0) is 17.9 Å². The van der Waals surface area contributed by atoms with Gasteiger partial charge < -0.3 is 4.90 Å². The van der Waals surface area contributed by atoms with Crippen molar-refractivity contribution in [1.82, 2.24) is 20.1 Å². The standard InChI is InChI=1S/C12H16N4OS/c1-3-5-10-13-11(15-14-10)12(17)16(2)8-9-6-4-7-18-9/h4,6-7H,3,5,8H2,1-2H3,(H,13,14,15). The van der Waals surface area contributed by atoms with Gasteiger partial charge in [0.15, 0.2) is 0 Å². The Bertz CT molecular complexity index is 506. The van der Waals surface area contributed by atoms with Gasteiger partial charge in [-0.25, -0.2) is 4.98 Å².